The van der Waals surface area contributed by atoms with Crippen molar-refractivity contribution in [1.82, 2.24) is 4.98 Å². The highest BCUT2D eigenvalue weighted by Crippen LogP contribution is 2.36. The second-order valence-electron chi connectivity index (χ2n) is 8.04. The molecule has 180 valence electrons. The summed E-state index contributed by atoms with van der Waals surface area (Å²) >= 11 is 0. The minimum absolute atomic E-state index is 0.145. The van der Waals surface area contributed by atoms with Gasteiger partial charge in [0.1, 0.15) is 5.56 Å². The number of aromatic nitrogens is 1. The number of aromatic amines is 1. The molecule has 9 heteroatoms. The first-order chi connectivity index (χ1) is 16.9. The Hall–Kier alpha value is -4.40. The van der Waals surface area contributed by atoms with Crippen molar-refractivity contribution in [2.45, 2.75) is 18.8 Å². The molecule has 1 amide bonds. The first kappa shape index (κ1) is 23.7. The molecule has 0 radical (unpaired) electrons. The molecule has 1 aliphatic rings. The van der Waals surface area contributed by atoms with Crippen LogP contribution in [0, 0.1) is 0 Å². The van der Waals surface area contributed by atoms with E-state index in [1.54, 1.807) is 25.3 Å². The Bertz CT molecular complexity index is 1380. The van der Waals surface area contributed by atoms with Crippen molar-refractivity contribution in [3.8, 4) is 11.5 Å². The number of fused-ring (bicyclic) bond motifs is 1. The molecule has 1 unspecified atom stereocenters. The maximum absolute atomic E-state index is 13.0. The lowest BCUT2D eigenvalue weighted by atomic mass is 9.81. The number of para-hydroxylation sites is 1. The zero-order valence-corrected chi connectivity index (χ0v) is 19.5. The van der Waals surface area contributed by atoms with Crippen molar-refractivity contribution < 1.29 is 28.6 Å². The molecule has 1 aromatic heterocycles. The second-order valence-corrected chi connectivity index (χ2v) is 8.04. The minimum atomic E-state index is -0.736. The number of ether oxygens (including phenoxy) is 3. The fraction of sp³-hybridized carbons (Fsp3) is 0.231. The molecule has 1 aliphatic carbocycles. The van der Waals surface area contributed by atoms with Crippen LogP contribution in [0.15, 0.2) is 53.3 Å². The van der Waals surface area contributed by atoms with Crippen LogP contribution in [0.25, 0.3) is 0 Å². The molecule has 0 spiro atoms. The van der Waals surface area contributed by atoms with Gasteiger partial charge in [-0.2, -0.15) is 0 Å². The van der Waals surface area contributed by atoms with Gasteiger partial charge in [-0.25, -0.2) is 4.79 Å². The van der Waals surface area contributed by atoms with Gasteiger partial charge in [-0.15, -0.1) is 0 Å². The van der Waals surface area contributed by atoms with E-state index in [2.05, 4.69) is 10.3 Å². The first-order valence-electron chi connectivity index (χ1n) is 10.9. The minimum Gasteiger partial charge on any atom is -0.493 e. The number of hydrogen-bond donors (Lipinski definition) is 2. The number of esters is 1. The molecular weight excluding hydrogens is 452 g/mol. The highest BCUT2D eigenvalue weighted by atomic mass is 16.5. The number of anilines is 1. The van der Waals surface area contributed by atoms with E-state index in [0.717, 1.165) is 5.56 Å². The number of nitrogens with one attached hydrogen (secondary N) is 2. The zero-order valence-electron chi connectivity index (χ0n) is 19.5. The Morgan fingerprint density at radius 2 is 1.66 bits per heavy atom. The van der Waals surface area contributed by atoms with E-state index < -0.39 is 17.4 Å². The standard InChI is InChI=1S/C26H24N2O7/c1-33-22-9-8-14(12-23(22)34-2)15-10-20-17(21(29)11-15)13-18(25(31)28-20)24(30)27-19-7-5-4-6-16(19)26(32)35-3/h4-9,12-13,15H,10-11H2,1-3H3,(H,27,30)(H,28,31). The van der Waals surface area contributed by atoms with Crippen molar-refractivity contribution in [1.29, 1.82) is 0 Å². The molecule has 0 saturated carbocycles. The molecule has 35 heavy (non-hydrogen) atoms. The van der Waals surface area contributed by atoms with Crippen LogP contribution in [0.1, 0.15) is 54.7 Å². The van der Waals surface area contributed by atoms with Crippen molar-refractivity contribution in [3.05, 3.63) is 86.8 Å². The topological polar surface area (TPSA) is 124 Å². The van der Waals surface area contributed by atoms with E-state index in [-0.39, 0.29) is 34.9 Å². The highest BCUT2D eigenvalue weighted by Gasteiger charge is 2.29. The van der Waals surface area contributed by atoms with Gasteiger partial charge in [-0.1, -0.05) is 18.2 Å². The third-order valence-electron chi connectivity index (χ3n) is 6.01. The maximum Gasteiger partial charge on any atom is 0.339 e. The molecule has 9 nitrogen and oxygen atoms in total. The van der Waals surface area contributed by atoms with Crippen LogP contribution in [0.3, 0.4) is 0 Å². The quantitative estimate of drug-likeness (QED) is 0.523. The number of carbonyl (C=O) groups is 3. The van der Waals surface area contributed by atoms with E-state index in [4.69, 9.17) is 14.2 Å². The van der Waals surface area contributed by atoms with Gasteiger partial charge in [0.15, 0.2) is 17.3 Å². The number of methoxy groups -OCH3 is 3. The van der Waals surface area contributed by atoms with Crippen LogP contribution in [0.5, 0.6) is 11.5 Å². The molecule has 4 rings (SSSR count). The molecular formula is C26H24N2O7. The Morgan fingerprint density at radius 3 is 2.37 bits per heavy atom. The molecule has 0 bridgehead atoms. The summed E-state index contributed by atoms with van der Waals surface area (Å²) in [6.45, 7) is 0. The van der Waals surface area contributed by atoms with Gasteiger partial charge in [0.25, 0.3) is 11.5 Å². The van der Waals surface area contributed by atoms with Crippen LogP contribution < -0.4 is 20.3 Å². The van der Waals surface area contributed by atoms with E-state index in [0.29, 0.717) is 29.2 Å². The lowest BCUT2D eigenvalue weighted by Crippen LogP contribution is -2.29. The van der Waals surface area contributed by atoms with Gasteiger partial charge < -0.3 is 24.5 Å². The summed E-state index contributed by atoms with van der Waals surface area (Å²) < 4.78 is 15.4. The Labute approximate surface area is 201 Å². The van der Waals surface area contributed by atoms with Gasteiger partial charge >= 0.3 is 5.97 Å². The fourth-order valence-electron chi connectivity index (χ4n) is 4.21. The lowest BCUT2D eigenvalue weighted by molar-refractivity contribution is 0.0601. The number of rotatable bonds is 6. The third-order valence-corrected chi connectivity index (χ3v) is 6.01. The molecule has 0 fully saturated rings. The monoisotopic (exact) mass is 476 g/mol. The van der Waals surface area contributed by atoms with Crippen LogP contribution in [0.2, 0.25) is 0 Å². The lowest BCUT2D eigenvalue weighted by Gasteiger charge is -2.24. The summed E-state index contributed by atoms with van der Waals surface area (Å²) in [5.41, 5.74) is 1.14. The van der Waals surface area contributed by atoms with Crippen molar-refractivity contribution in [3.63, 3.8) is 0 Å². The number of benzene rings is 2. The van der Waals surface area contributed by atoms with Crippen LogP contribution >= 0.6 is 0 Å². The number of hydrogen-bond acceptors (Lipinski definition) is 7. The average Bonchev–Trinajstić information content (AvgIpc) is 2.87. The van der Waals surface area contributed by atoms with E-state index >= 15 is 0 Å². The predicted octanol–water partition coefficient (Wildman–Crippen LogP) is 3.34. The number of carbonyl (C=O) groups excluding carboxylic acids is 3. The van der Waals surface area contributed by atoms with E-state index in [9.17, 15) is 19.2 Å². The number of ketones is 1. The Balaban J connectivity index is 1.62. The molecule has 2 aromatic carbocycles. The number of H-pyrrole nitrogens is 1. The van der Waals surface area contributed by atoms with Crippen molar-refractivity contribution in [2.75, 3.05) is 26.6 Å². The summed E-state index contributed by atoms with van der Waals surface area (Å²) in [5, 5.41) is 2.57. The summed E-state index contributed by atoms with van der Waals surface area (Å²) in [5.74, 6) is -0.590. The summed E-state index contributed by atoms with van der Waals surface area (Å²) in [7, 11) is 4.32. The molecule has 1 heterocycles. The van der Waals surface area contributed by atoms with Gasteiger partial charge in [0, 0.05) is 17.7 Å². The average molecular weight is 476 g/mol. The van der Waals surface area contributed by atoms with Crippen LogP contribution in [-0.4, -0.2) is 44.0 Å². The summed E-state index contributed by atoms with van der Waals surface area (Å²) in [6, 6.07) is 13.1. The molecule has 0 aliphatic heterocycles. The van der Waals surface area contributed by atoms with Gasteiger partial charge in [-0.05, 0) is 48.2 Å². The SMILES string of the molecule is COC(=O)c1ccccc1NC(=O)c1cc2c([nH]c1=O)CC(c1ccc(OC)c(OC)c1)CC2=O. The Kier molecular flexibility index (Phi) is 6.68. The van der Waals surface area contributed by atoms with E-state index in [1.165, 1.54) is 32.4 Å². The van der Waals surface area contributed by atoms with Gasteiger partial charge in [0.2, 0.25) is 0 Å². The molecule has 3 aromatic rings. The zero-order chi connectivity index (χ0) is 25.1. The van der Waals surface area contributed by atoms with Crippen LogP contribution in [-0.2, 0) is 11.2 Å². The first-order valence-corrected chi connectivity index (χ1v) is 10.9. The molecule has 2 N–H and O–H groups in total. The summed E-state index contributed by atoms with van der Waals surface area (Å²) in [4.78, 5) is 53.4. The fourth-order valence-corrected chi connectivity index (χ4v) is 4.21. The molecule has 1 atom stereocenters. The van der Waals surface area contributed by atoms with Crippen LogP contribution in [0.4, 0.5) is 5.69 Å². The molecule has 0 saturated heterocycles. The van der Waals surface area contributed by atoms with Crippen molar-refractivity contribution >= 4 is 23.3 Å². The maximum atomic E-state index is 13.0. The second kappa shape index (κ2) is 9.84. The Morgan fingerprint density at radius 1 is 0.914 bits per heavy atom. The van der Waals surface area contributed by atoms with Crippen molar-refractivity contribution in [2.24, 2.45) is 0 Å². The largest absolute Gasteiger partial charge is 0.493 e. The number of Topliss-reactive ketones (excluding diaryl/α,β-unsaturated/α-hetero) is 1. The number of amides is 1. The summed E-state index contributed by atoms with van der Waals surface area (Å²) in [6.07, 6.45) is 0.625. The van der Waals surface area contributed by atoms with E-state index in [1.807, 2.05) is 12.1 Å². The number of pyridine rings is 1. The third kappa shape index (κ3) is 4.65. The highest BCUT2D eigenvalue weighted by molar-refractivity contribution is 6.09. The predicted molar refractivity (Wildman–Crippen MR) is 128 cm³/mol. The van der Waals surface area contributed by atoms with Gasteiger partial charge in [-0.3, -0.25) is 14.4 Å². The van der Waals surface area contributed by atoms with Gasteiger partial charge in [0.05, 0.1) is 32.6 Å². The smallest absolute Gasteiger partial charge is 0.339 e. The normalized spacial score (nSPS) is 14.6.